The fourth-order valence-electron chi connectivity index (χ4n) is 7.73. The van der Waals surface area contributed by atoms with Crippen molar-refractivity contribution >= 4 is 17.9 Å². The van der Waals surface area contributed by atoms with Gasteiger partial charge in [-0.25, -0.2) is 0 Å². The molecule has 0 radical (unpaired) electrons. The quantitative estimate of drug-likeness (QED) is 0.0262. The van der Waals surface area contributed by atoms with E-state index in [4.69, 9.17) is 14.2 Å². The molecule has 0 rings (SSSR count). The number of hydrogen-bond donors (Lipinski definition) is 0. The molecular weight excluding hydrogens is 769 g/mol. The van der Waals surface area contributed by atoms with E-state index in [0.29, 0.717) is 19.3 Å². The fourth-order valence-corrected chi connectivity index (χ4v) is 7.73. The van der Waals surface area contributed by atoms with Gasteiger partial charge in [0.1, 0.15) is 13.2 Å². The molecule has 62 heavy (non-hydrogen) atoms. The van der Waals surface area contributed by atoms with Crippen molar-refractivity contribution in [2.24, 2.45) is 0 Å². The highest BCUT2D eigenvalue weighted by atomic mass is 16.6. The Labute approximate surface area is 385 Å². The summed E-state index contributed by atoms with van der Waals surface area (Å²) in [5.74, 6) is -0.886. The molecule has 362 valence electrons. The van der Waals surface area contributed by atoms with Crippen molar-refractivity contribution < 1.29 is 28.6 Å². The lowest BCUT2D eigenvalue weighted by molar-refractivity contribution is -0.167. The third-order valence-corrected chi connectivity index (χ3v) is 11.8. The first-order valence-electron chi connectivity index (χ1n) is 27.0. The highest BCUT2D eigenvalue weighted by Crippen LogP contribution is 2.15. The molecule has 0 aromatic carbocycles. The Morgan fingerprint density at radius 1 is 0.306 bits per heavy atom. The SMILES string of the molecule is CCC/C=C\CCCCCCCC(=O)OCC(COC(=O)CCCCCCCCC/C=C\CCCCCCCC)OC(=O)CCCCCCCCC/C=C\CCCCCCCC. The lowest BCUT2D eigenvalue weighted by atomic mass is 10.1. The van der Waals surface area contributed by atoms with Crippen LogP contribution >= 0.6 is 0 Å². The number of hydrogen-bond acceptors (Lipinski definition) is 6. The summed E-state index contributed by atoms with van der Waals surface area (Å²) in [6.45, 7) is 6.58. The first-order valence-corrected chi connectivity index (χ1v) is 27.0. The van der Waals surface area contributed by atoms with Gasteiger partial charge < -0.3 is 14.2 Å². The molecule has 0 N–H and O–H groups in total. The van der Waals surface area contributed by atoms with Crippen molar-refractivity contribution in [3.05, 3.63) is 36.5 Å². The van der Waals surface area contributed by atoms with Crippen LogP contribution in [0.2, 0.25) is 0 Å². The topological polar surface area (TPSA) is 78.9 Å². The highest BCUT2D eigenvalue weighted by molar-refractivity contribution is 5.71. The normalized spacial score (nSPS) is 12.2. The van der Waals surface area contributed by atoms with Crippen LogP contribution in [-0.2, 0) is 28.6 Å². The predicted molar refractivity (Wildman–Crippen MR) is 266 cm³/mol. The molecule has 6 nitrogen and oxygen atoms in total. The van der Waals surface area contributed by atoms with Gasteiger partial charge in [-0.15, -0.1) is 0 Å². The first-order chi connectivity index (χ1) is 30.5. The van der Waals surface area contributed by atoms with Crippen LogP contribution in [-0.4, -0.2) is 37.2 Å². The fraction of sp³-hybridized carbons (Fsp3) is 0.839. The molecule has 0 saturated heterocycles. The van der Waals surface area contributed by atoms with Gasteiger partial charge in [0.25, 0.3) is 0 Å². The van der Waals surface area contributed by atoms with Gasteiger partial charge in [-0.05, 0) is 89.9 Å². The summed E-state index contributed by atoms with van der Waals surface area (Å²) in [6, 6.07) is 0. The van der Waals surface area contributed by atoms with E-state index in [0.717, 1.165) is 70.6 Å². The number of esters is 3. The molecule has 6 heteroatoms. The van der Waals surface area contributed by atoms with Crippen molar-refractivity contribution in [3.63, 3.8) is 0 Å². The van der Waals surface area contributed by atoms with Gasteiger partial charge in [0, 0.05) is 19.3 Å². The minimum absolute atomic E-state index is 0.0772. The van der Waals surface area contributed by atoms with E-state index >= 15 is 0 Å². The van der Waals surface area contributed by atoms with E-state index in [9.17, 15) is 14.4 Å². The zero-order valence-electron chi connectivity index (χ0n) is 41.4. The third kappa shape index (κ3) is 48.7. The predicted octanol–water partition coefficient (Wildman–Crippen LogP) is 17.7. The molecule has 0 saturated carbocycles. The van der Waals surface area contributed by atoms with Gasteiger partial charge in [0.2, 0.25) is 0 Å². The Bertz CT molecular complexity index is 1050. The van der Waals surface area contributed by atoms with Crippen LogP contribution < -0.4 is 0 Å². The van der Waals surface area contributed by atoms with Crippen molar-refractivity contribution in [2.75, 3.05) is 13.2 Å². The molecule has 1 atom stereocenters. The molecule has 0 aliphatic rings. The van der Waals surface area contributed by atoms with Crippen LogP contribution in [0, 0.1) is 0 Å². The Kier molecular flexibility index (Phi) is 49.3. The minimum Gasteiger partial charge on any atom is -0.462 e. The molecule has 0 aromatic heterocycles. The molecule has 0 fully saturated rings. The largest absolute Gasteiger partial charge is 0.462 e. The van der Waals surface area contributed by atoms with Crippen molar-refractivity contribution in [1.82, 2.24) is 0 Å². The molecule has 0 aromatic rings. The van der Waals surface area contributed by atoms with Crippen LogP contribution in [0.15, 0.2) is 36.5 Å². The lowest BCUT2D eigenvalue weighted by Crippen LogP contribution is -2.30. The third-order valence-electron chi connectivity index (χ3n) is 11.8. The number of ether oxygens (including phenoxy) is 3. The molecule has 0 bridgehead atoms. The van der Waals surface area contributed by atoms with Crippen molar-refractivity contribution in [2.45, 2.75) is 290 Å². The summed E-state index contributed by atoms with van der Waals surface area (Å²) < 4.78 is 16.8. The summed E-state index contributed by atoms with van der Waals surface area (Å²) in [4.78, 5) is 38.0. The summed E-state index contributed by atoms with van der Waals surface area (Å²) in [5.41, 5.74) is 0. The second-order valence-corrected chi connectivity index (χ2v) is 18.1. The second-order valence-electron chi connectivity index (χ2n) is 18.1. The minimum atomic E-state index is -0.776. The van der Waals surface area contributed by atoms with E-state index in [1.54, 1.807) is 0 Å². The van der Waals surface area contributed by atoms with Gasteiger partial charge in [-0.1, -0.05) is 211 Å². The van der Waals surface area contributed by atoms with Gasteiger partial charge in [-0.3, -0.25) is 14.4 Å². The zero-order valence-corrected chi connectivity index (χ0v) is 41.4. The highest BCUT2D eigenvalue weighted by Gasteiger charge is 2.19. The van der Waals surface area contributed by atoms with E-state index in [1.807, 2.05) is 0 Å². The monoisotopic (exact) mass is 871 g/mol. The Hall–Kier alpha value is -2.37. The molecule has 0 aliphatic carbocycles. The van der Waals surface area contributed by atoms with Gasteiger partial charge in [0.05, 0.1) is 0 Å². The van der Waals surface area contributed by atoms with Gasteiger partial charge in [0.15, 0.2) is 6.10 Å². The molecule has 0 amide bonds. The standard InChI is InChI=1S/C56H102O6/c1-4-7-10-13-16-19-22-24-26-28-30-32-34-37-40-43-46-49-55(58)61-52-53(51-60-54(57)48-45-42-39-36-21-18-15-12-9-6-3)62-56(59)50-47-44-41-38-35-33-31-29-27-25-23-20-17-14-11-8-5-2/h12,15,24-27,53H,4-11,13-14,16-23,28-52H2,1-3H3/b15-12-,26-24-,27-25-. The van der Waals surface area contributed by atoms with Crippen LogP contribution in [0.4, 0.5) is 0 Å². The average molecular weight is 871 g/mol. The maximum absolute atomic E-state index is 12.8. The summed E-state index contributed by atoms with van der Waals surface area (Å²) >= 11 is 0. The molecule has 0 aliphatic heterocycles. The van der Waals surface area contributed by atoms with E-state index in [1.165, 1.54) is 173 Å². The number of carbonyl (C=O) groups is 3. The summed E-state index contributed by atoms with van der Waals surface area (Å²) in [5, 5.41) is 0. The maximum atomic E-state index is 12.8. The van der Waals surface area contributed by atoms with E-state index < -0.39 is 6.10 Å². The van der Waals surface area contributed by atoms with Crippen LogP contribution in [0.5, 0.6) is 0 Å². The Balaban J connectivity index is 4.32. The average Bonchev–Trinajstić information content (AvgIpc) is 3.27. The zero-order chi connectivity index (χ0) is 45.1. The number of rotatable bonds is 49. The van der Waals surface area contributed by atoms with E-state index in [-0.39, 0.29) is 31.1 Å². The van der Waals surface area contributed by atoms with Gasteiger partial charge in [-0.2, -0.15) is 0 Å². The van der Waals surface area contributed by atoms with E-state index in [2.05, 4.69) is 57.2 Å². The van der Waals surface area contributed by atoms with Crippen LogP contribution in [0.25, 0.3) is 0 Å². The number of allylic oxidation sites excluding steroid dienone is 6. The summed E-state index contributed by atoms with van der Waals surface area (Å²) in [6.07, 6.45) is 59.9. The number of carbonyl (C=O) groups excluding carboxylic acids is 3. The smallest absolute Gasteiger partial charge is 0.306 e. The molecule has 1 unspecified atom stereocenters. The first kappa shape index (κ1) is 59.6. The maximum Gasteiger partial charge on any atom is 0.306 e. The Morgan fingerprint density at radius 3 is 0.871 bits per heavy atom. The van der Waals surface area contributed by atoms with Crippen molar-refractivity contribution in [3.8, 4) is 0 Å². The van der Waals surface area contributed by atoms with Crippen LogP contribution in [0.3, 0.4) is 0 Å². The lowest BCUT2D eigenvalue weighted by Gasteiger charge is -2.18. The second kappa shape index (κ2) is 51.3. The van der Waals surface area contributed by atoms with Gasteiger partial charge >= 0.3 is 17.9 Å². The van der Waals surface area contributed by atoms with Crippen molar-refractivity contribution in [1.29, 1.82) is 0 Å². The Morgan fingerprint density at radius 2 is 0.565 bits per heavy atom. The number of unbranched alkanes of at least 4 members (excludes halogenated alkanes) is 32. The van der Waals surface area contributed by atoms with Crippen LogP contribution in [0.1, 0.15) is 284 Å². The molecular formula is C56H102O6. The summed E-state index contributed by atoms with van der Waals surface area (Å²) in [7, 11) is 0. The molecule has 0 spiro atoms. The molecule has 0 heterocycles.